The van der Waals surface area contributed by atoms with E-state index in [2.05, 4.69) is 20.9 Å². The number of pyridine rings is 1. The molecule has 0 saturated carbocycles. The average Bonchev–Trinajstić information content (AvgIpc) is 3.06. The molecule has 0 atom stereocenters. The number of nitrogens with zero attached hydrogens (tertiary/aromatic N) is 3. The first-order valence-electron chi connectivity index (χ1n) is 8.17. The minimum Gasteiger partial charge on any atom is -0.444 e. The number of benzene rings is 1. The highest BCUT2D eigenvalue weighted by Gasteiger charge is 2.28. The van der Waals surface area contributed by atoms with Gasteiger partial charge in [-0.15, -0.1) is 0 Å². The van der Waals surface area contributed by atoms with Gasteiger partial charge in [0.05, 0.1) is 10.0 Å². The molecule has 0 fully saturated rings. The van der Waals surface area contributed by atoms with E-state index in [9.17, 15) is 14.4 Å². The van der Waals surface area contributed by atoms with Gasteiger partial charge in [-0.2, -0.15) is 5.26 Å². The van der Waals surface area contributed by atoms with E-state index in [4.69, 9.17) is 16.3 Å². The van der Waals surface area contributed by atoms with Crippen molar-refractivity contribution in [2.45, 2.75) is 26.4 Å². The third-order valence-corrected chi connectivity index (χ3v) is 4.89. The third kappa shape index (κ3) is 3.78. The Labute approximate surface area is 169 Å². The van der Waals surface area contributed by atoms with Gasteiger partial charge in [-0.3, -0.25) is 0 Å². The lowest BCUT2D eigenvalue weighted by atomic mass is 9.97. The molecule has 0 bridgehead atoms. The molecule has 0 aliphatic carbocycles. The van der Waals surface area contributed by atoms with Crippen LogP contribution >= 0.6 is 27.5 Å². The summed E-state index contributed by atoms with van der Waals surface area (Å²) >= 11 is 9.28. The zero-order chi connectivity index (χ0) is 19.9. The minimum absolute atomic E-state index is 0.0694. The van der Waals surface area contributed by atoms with Crippen LogP contribution in [-0.2, 0) is 4.74 Å². The number of halogens is 3. The summed E-state index contributed by atoms with van der Waals surface area (Å²) in [5, 5.41) is 9.95. The van der Waals surface area contributed by atoms with Crippen LogP contribution in [0.3, 0.4) is 0 Å². The predicted molar refractivity (Wildman–Crippen MR) is 105 cm³/mol. The van der Waals surface area contributed by atoms with E-state index in [-0.39, 0.29) is 27.3 Å². The molecule has 140 valence electrons. The molecule has 3 rings (SSSR count). The first-order valence-corrected chi connectivity index (χ1v) is 9.34. The zero-order valence-electron chi connectivity index (χ0n) is 14.9. The summed E-state index contributed by atoms with van der Waals surface area (Å²) in [6.45, 7) is 5.94. The van der Waals surface area contributed by atoms with Crippen LogP contribution in [0.5, 0.6) is 0 Å². The van der Waals surface area contributed by atoms with Crippen molar-refractivity contribution in [2.75, 3.05) is 13.1 Å². The Hall–Kier alpha value is -2.17. The number of amides is 1. The first kappa shape index (κ1) is 19.6. The van der Waals surface area contributed by atoms with Crippen LogP contribution in [0, 0.1) is 17.1 Å². The van der Waals surface area contributed by atoms with Crippen LogP contribution in [0.2, 0.25) is 5.15 Å². The second-order valence-electron chi connectivity index (χ2n) is 7.11. The molecular formula is C19H16BrClFN3O2. The van der Waals surface area contributed by atoms with Gasteiger partial charge in [-0.1, -0.05) is 23.7 Å². The average molecular weight is 453 g/mol. The second-order valence-corrected chi connectivity index (χ2v) is 8.32. The minimum atomic E-state index is -0.611. The maximum atomic E-state index is 14.5. The van der Waals surface area contributed by atoms with Crippen molar-refractivity contribution in [1.29, 1.82) is 5.26 Å². The molecule has 1 amide bonds. The van der Waals surface area contributed by atoms with E-state index in [0.717, 1.165) is 0 Å². The lowest BCUT2D eigenvalue weighted by Crippen LogP contribution is -2.35. The smallest absolute Gasteiger partial charge is 0.410 e. The summed E-state index contributed by atoms with van der Waals surface area (Å²) in [4.78, 5) is 17.9. The van der Waals surface area contributed by atoms with E-state index in [0.29, 0.717) is 23.1 Å². The van der Waals surface area contributed by atoms with Crippen LogP contribution in [0.25, 0.3) is 16.5 Å². The molecule has 0 radical (unpaired) electrons. The molecule has 5 nitrogen and oxygen atoms in total. The number of hydrogen-bond donors (Lipinski definition) is 0. The number of carbonyl (C=O) groups is 1. The van der Waals surface area contributed by atoms with Gasteiger partial charge in [0, 0.05) is 24.0 Å². The van der Waals surface area contributed by atoms with E-state index in [1.807, 2.05) is 12.1 Å². The second kappa shape index (κ2) is 7.10. The standard InChI is InChI=1S/C19H16BrClFN3O2/c1-19(2,3)27-18(26)25-7-6-10(9-25)14-11-4-5-13(20)15(22)16(11)24-17(21)12(14)8-23/h4-6H,7,9H2,1-3H3. The number of hydrogen-bond acceptors (Lipinski definition) is 4. The van der Waals surface area contributed by atoms with Crippen LogP contribution in [0.1, 0.15) is 31.9 Å². The summed E-state index contributed by atoms with van der Waals surface area (Å²) in [7, 11) is 0. The van der Waals surface area contributed by atoms with Gasteiger partial charge in [0.2, 0.25) is 0 Å². The van der Waals surface area contributed by atoms with Crippen molar-refractivity contribution in [3.8, 4) is 6.07 Å². The van der Waals surface area contributed by atoms with Crippen molar-refractivity contribution in [3.63, 3.8) is 0 Å². The van der Waals surface area contributed by atoms with Gasteiger partial charge < -0.3 is 9.64 Å². The van der Waals surface area contributed by atoms with Crippen molar-refractivity contribution < 1.29 is 13.9 Å². The van der Waals surface area contributed by atoms with Crippen molar-refractivity contribution in [3.05, 3.63) is 44.8 Å². The Balaban J connectivity index is 2.06. The predicted octanol–water partition coefficient (Wildman–Crippen LogP) is 5.30. The fourth-order valence-electron chi connectivity index (χ4n) is 2.88. The fraction of sp³-hybridized carbons (Fsp3) is 0.316. The normalized spacial score (nSPS) is 14.3. The Morgan fingerprint density at radius 1 is 1.44 bits per heavy atom. The van der Waals surface area contributed by atoms with Crippen molar-refractivity contribution >= 4 is 50.1 Å². The van der Waals surface area contributed by atoms with Crippen LogP contribution in [0.15, 0.2) is 22.7 Å². The maximum absolute atomic E-state index is 14.5. The highest BCUT2D eigenvalue weighted by molar-refractivity contribution is 9.10. The number of nitriles is 1. The molecule has 1 aromatic carbocycles. The van der Waals surface area contributed by atoms with E-state index in [1.165, 1.54) is 4.90 Å². The highest BCUT2D eigenvalue weighted by atomic mass is 79.9. The number of ether oxygens (including phenoxy) is 1. The number of rotatable bonds is 1. The quantitative estimate of drug-likeness (QED) is 0.551. The first-order chi connectivity index (χ1) is 12.6. The van der Waals surface area contributed by atoms with Crippen molar-refractivity contribution in [2.24, 2.45) is 0 Å². The largest absolute Gasteiger partial charge is 0.444 e. The van der Waals surface area contributed by atoms with Crippen LogP contribution in [-0.4, -0.2) is 34.7 Å². The fourth-order valence-corrected chi connectivity index (χ4v) is 3.42. The lowest BCUT2D eigenvalue weighted by Gasteiger charge is -2.24. The Bertz CT molecular complexity index is 1020. The van der Waals surface area contributed by atoms with E-state index in [1.54, 1.807) is 32.9 Å². The molecule has 27 heavy (non-hydrogen) atoms. The Kier molecular flexibility index (Phi) is 5.15. The number of carbonyl (C=O) groups excluding carboxylic acids is 1. The summed E-state index contributed by atoms with van der Waals surface area (Å²) in [6, 6.07) is 5.28. The molecular weight excluding hydrogens is 437 g/mol. The molecule has 1 aliphatic rings. The summed E-state index contributed by atoms with van der Waals surface area (Å²) in [5.41, 5.74) is 0.807. The topological polar surface area (TPSA) is 66.2 Å². The van der Waals surface area contributed by atoms with Gasteiger partial charge in [-0.05, 0) is 48.3 Å². The maximum Gasteiger partial charge on any atom is 0.410 e. The molecule has 2 aromatic rings. The molecule has 0 spiro atoms. The van der Waals surface area contributed by atoms with Gasteiger partial charge in [0.25, 0.3) is 0 Å². The Morgan fingerprint density at radius 2 is 2.15 bits per heavy atom. The number of fused-ring (bicyclic) bond motifs is 1. The summed E-state index contributed by atoms with van der Waals surface area (Å²) in [6.07, 6.45) is 1.36. The summed E-state index contributed by atoms with van der Waals surface area (Å²) in [5.74, 6) is -0.553. The Morgan fingerprint density at radius 3 is 2.78 bits per heavy atom. The summed E-state index contributed by atoms with van der Waals surface area (Å²) < 4.78 is 20.2. The van der Waals surface area contributed by atoms with E-state index >= 15 is 0 Å². The number of aromatic nitrogens is 1. The molecule has 8 heteroatoms. The molecule has 1 aromatic heterocycles. The molecule has 1 aliphatic heterocycles. The molecule has 0 saturated heterocycles. The van der Waals surface area contributed by atoms with Crippen molar-refractivity contribution in [1.82, 2.24) is 9.88 Å². The van der Waals surface area contributed by atoms with Gasteiger partial charge in [0.1, 0.15) is 22.3 Å². The third-order valence-electron chi connectivity index (χ3n) is 4.01. The van der Waals surface area contributed by atoms with E-state index < -0.39 is 17.5 Å². The molecule has 0 N–H and O–H groups in total. The SMILES string of the molecule is CC(C)(C)OC(=O)N1CC=C(c2c(C#N)c(Cl)nc3c(F)c(Br)ccc23)C1. The molecule has 0 unspecified atom stereocenters. The molecule has 2 heterocycles. The van der Waals surface area contributed by atoms with Gasteiger partial charge >= 0.3 is 6.09 Å². The monoisotopic (exact) mass is 451 g/mol. The van der Waals surface area contributed by atoms with Crippen LogP contribution < -0.4 is 0 Å². The zero-order valence-corrected chi connectivity index (χ0v) is 17.3. The lowest BCUT2D eigenvalue weighted by molar-refractivity contribution is 0.0306. The van der Waals surface area contributed by atoms with Gasteiger partial charge in [0.15, 0.2) is 5.82 Å². The van der Waals surface area contributed by atoms with Crippen LogP contribution in [0.4, 0.5) is 9.18 Å². The van der Waals surface area contributed by atoms with Gasteiger partial charge in [-0.25, -0.2) is 14.2 Å². The highest BCUT2D eigenvalue weighted by Crippen LogP contribution is 2.36.